The van der Waals surface area contributed by atoms with Crippen LogP contribution in [0.1, 0.15) is 44.0 Å². The van der Waals surface area contributed by atoms with Crippen LogP contribution in [-0.2, 0) is 6.54 Å². The number of aryl methyl sites for hydroxylation is 2. The monoisotopic (exact) mass is 193 g/mol. The minimum Gasteiger partial charge on any atom is -0.351 e. The molecule has 0 aliphatic carbocycles. The summed E-state index contributed by atoms with van der Waals surface area (Å²) in [5, 5.41) is 0. The summed E-state index contributed by atoms with van der Waals surface area (Å²) in [7, 11) is 0. The lowest BCUT2D eigenvalue weighted by molar-refractivity contribution is 0.349. The number of rotatable bonds is 2. The molecule has 1 aromatic heterocycles. The molecule has 14 heavy (non-hydrogen) atoms. The molecule has 0 aromatic carbocycles. The Morgan fingerprint density at radius 3 is 2.07 bits per heavy atom. The zero-order valence-electron chi connectivity index (χ0n) is 10.4. The molecular formula is C13H23N. The maximum absolute atomic E-state index is 2.38. The second kappa shape index (κ2) is 3.80. The number of nitrogens with zero attached hydrogens (tertiary/aromatic N) is 1. The molecule has 1 rings (SSSR count). The lowest BCUT2D eigenvalue weighted by Crippen LogP contribution is -2.10. The normalized spacial score (nSPS) is 12.1. The van der Waals surface area contributed by atoms with E-state index in [1.165, 1.54) is 23.2 Å². The molecule has 0 radical (unpaired) electrons. The first-order valence-corrected chi connectivity index (χ1v) is 5.44. The van der Waals surface area contributed by atoms with E-state index in [-0.39, 0.29) is 0 Å². The highest BCUT2D eigenvalue weighted by atomic mass is 15.0. The Balaban J connectivity index is 2.73. The highest BCUT2D eigenvalue weighted by Crippen LogP contribution is 2.22. The van der Waals surface area contributed by atoms with Crippen LogP contribution in [-0.4, -0.2) is 4.57 Å². The fraction of sp³-hybridized carbons (Fsp3) is 0.692. The lowest BCUT2D eigenvalue weighted by Gasteiger charge is -2.19. The van der Waals surface area contributed by atoms with E-state index in [0.29, 0.717) is 5.41 Å². The van der Waals surface area contributed by atoms with E-state index < -0.39 is 0 Å². The van der Waals surface area contributed by atoms with Gasteiger partial charge in [0.2, 0.25) is 0 Å². The van der Waals surface area contributed by atoms with Gasteiger partial charge in [0.15, 0.2) is 0 Å². The Bertz CT molecular complexity index is 313. The van der Waals surface area contributed by atoms with Crippen LogP contribution in [0.15, 0.2) is 6.20 Å². The van der Waals surface area contributed by atoms with Gasteiger partial charge in [0.05, 0.1) is 0 Å². The summed E-state index contributed by atoms with van der Waals surface area (Å²) in [6.07, 6.45) is 3.51. The molecule has 0 saturated heterocycles. The Kier molecular flexibility index (Phi) is 3.08. The quantitative estimate of drug-likeness (QED) is 0.672. The SMILES string of the molecule is Cc1cn(CCC(C)(C)C)c(C)c1C. The smallest absolute Gasteiger partial charge is 0.0227 e. The largest absolute Gasteiger partial charge is 0.351 e. The molecule has 0 aliphatic heterocycles. The van der Waals surface area contributed by atoms with Crippen molar-refractivity contribution in [3.8, 4) is 0 Å². The lowest BCUT2D eigenvalue weighted by atomic mass is 9.92. The van der Waals surface area contributed by atoms with Gasteiger partial charge in [-0.3, -0.25) is 0 Å². The molecule has 0 unspecified atom stereocenters. The minimum absolute atomic E-state index is 0.429. The van der Waals surface area contributed by atoms with Gasteiger partial charge in [0.25, 0.3) is 0 Å². The molecule has 0 N–H and O–H groups in total. The van der Waals surface area contributed by atoms with Crippen LogP contribution in [0.2, 0.25) is 0 Å². The van der Waals surface area contributed by atoms with Crippen molar-refractivity contribution in [3.05, 3.63) is 23.0 Å². The van der Waals surface area contributed by atoms with Crippen molar-refractivity contribution < 1.29 is 0 Å². The summed E-state index contributed by atoms with van der Waals surface area (Å²) in [5.41, 5.74) is 4.71. The summed E-state index contributed by atoms with van der Waals surface area (Å²) in [4.78, 5) is 0. The molecule has 1 heteroatoms. The van der Waals surface area contributed by atoms with E-state index in [4.69, 9.17) is 0 Å². The minimum atomic E-state index is 0.429. The van der Waals surface area contributed by atoms with Crippen molar-refractivity contribution in [1.29, 1.82) is 0 Å². The van der Waals surface area contributed by atoms with Crippen molar-refractivity contribution in [2.75, 3.05) is 0 Å². The van der Waals surface area contributed by atoms with Gasteiger partial charge in [-0.15, -0.1) is 0 Å². The second-order valence-corrected chi connectivity index (χ2v) is 5.53. The van der Waals surface area contributed by atoms with E-state index in [1.54, 1.807) is 0 Å². The first-order chi connectivity index (χ1) is 6.31. The van der Waals surface area contributed by atoms with Gasteiger partial charge in [-0.05, 0) is 43.7 Å². The summed E-state index contributed by atoms with van der Waals surface area (Å²) >= 11 is 0. The van der Waals surface area contributed by atoms with E-state index >= 15 is 0 Å². The van der Waals surface area contributed by atoms with E-state index in [1.807, 2.05) is 0 Å². The molecule has 80 valence electrons. The molecule has 1 aromatic rings. The van der Waals surface area contributed by atoms with Crippen LogP contribution < -0.4 is 0 Å². The van der Waals surface area contributed by atoms with E-state index in [0.717, 1.165) is 6.54 Å². The van der Waals surface area contributed by atoms with Crippen molar-refractivity contribution in [2.24, 2.45) is 5.41 Å². The van der Waals surface area contributed by atoms with Crippen molar-refractivity contribution >= 4 is 0 Å². The molecule has 1 heterocycles. The fourth-order valence-corrected chi connectivity index (χ4v) is 1.62. The predicted molar refractivity (Wildman–Crippen MR) is 62.7 cm³/mol. The van der Waals surface area contributed by atoms with E-state index in [9.17, 15) is 0 Å². The molecule has 0 spiro atoms. The average molecular weight is 193 g/mol. The van der Waals surface area contributed by atoms with Crippen LogP contribution in [0.5, 0.6) is 0 Å². The van der Waals surface area contributed by atoms with Gasteiger partial charge < -0.3 is 4.57 Å². The molecule has 0 fully saturated rings. The zero-order chi connectivity index (χ0) is 10.9. The highest BCUT2D eigenvalue weighted by molar-refractivity contribution is 5.28. The van der Waals surface area contributed by atoms with Crippen molar-refractivity contribution in [2.45, 2.75) is 54.5 Å². The van der Waals surface area contributed by atoms with Gasteiger partial charge in [-0.2, -0.15) is 0 Å². The standard InChI is InChI=1S/C13H23N/c1-10-9-14(12(3)11(10)2)8-7-13(4,5)6/h9H,7-8H2,1-6H3. The summed E-state index contributed by atoms with van der Waals surface area (Å²) < 4.78 is 2.38. The first-order valence-electron chi connectivity index (χ1n) is 5.44. The van der Waals surface area contributed by atoms with Crippen molar-refractivity contribution in [1.82, 2.24) is 4.57 Å². The van der Waals surface area contributed by atoms with Gasteiger partial charge in [-0.1, -0.05) is 20.8 Å². The molecule has 0 bridgehead atoms. The molecular weight excluding hydrogens is 170 g/mol. The molecule has 1 nitrogen and oxygen atoms in total. The second-order valence-electron chi connectivity index (χ2n) is 5.53. The van der Waals surface area contributed by atoms with Crippen LogP contribution in [0.25, 0.3) is 0 Å². The number of hydrogen-bond acceptors (Lipinski definition) is 0. The first kappa shape index (κ1) is 11.4. The summed E-state index contributed by atoms with van der Waals surface area (Å²) in [5.74, 6) is 0. The zero-order valence-corrected chi connectivity index (χ0v) is 10.4. The van der Waals surface area contributed by atoms with Gasteiger partial charge in [0, 0.05) is 18.4 Å². The Morgan fingerprint density at radius 2 is 1.71 bits per heavy atom. The fourth-order valence-electron chi connectivity index (χ4n) is 1.62. The molecule has 0 saturated carbocycles. The van der Waals surface area contributed by atoms with Gasteiger partial charge in [0.1, 0.15) is 0 Å². The molecule has 0 amide bonds. The maximum atomic E-state index is 2.38. The highest BCUT2D eigenvalue weighted by Gasteiger charge is 2.11. The summed E-state index contributed by atoms with van der Waals surface area (Å²) in [6, 6.07) is 0. The third-order valence-electron chi connectivity index (χ3n) is 3.02. The summed E-state index contributed by atoms with van der Waals surface area (Å²) in [6.45, 7) is 14.6. The third-order valence-corrected chi connectivity index (χ3v) is 3.02. The van der Waals surface area contributed by atoms with Crippen LogP contribution in [0.3, 0.4) is 0 Å². The third kappa shape index (κ3) is 2.63. The Hall–Kier alpha value is -0.720. The van der Waals surface area contributed by atoms with Gasteiger partial charge in [-0.25, -0.2) is 0 Å². The topological polar surface area (TPSA) is 4.93 Å². The number of aromatic nitrogens is 1. The predicted octanol–water partition coefficient (Wildman–Crippen LogP) is 3.85. The maximum Gasteiger partial charge on any atom is 0.0227 e. The van der Waals surface area contributed by atoms with Crippen LogP contribution >= 0.6 is 0 Å². The van der Waals surface area contributed by atoms with E-state index in [2.05, 4.69) is 52.3 Å². The van der Waals surface area contributed by atoms with Crippen molar-refractivity contribution in [3.63, 3.8) is 0 Å². The van der Waals surface area contributed by atoms with Gasteiger partial charge >= 0.3 is 0 Å². The molecule has 0 aliphatic rings. The average Bonchev–Trinajstić information content (AvgIpc) is 2.28. The Labute approximate surface area is 88.1 Å². The Morgan fingerprint density at radius 1 is 1.14 bits per heavy atom. The number of hydrogen-bond donors (Lipinski definition) is 0. The van der Waals surface area contributed by atoms with Crippen LogP contribution in [0, 0.1) is 26.2 Å². The molecule has 0 atom stereocenters. The van der Waals surface area contributed by atoms with Crippen LogP contribution in [0.4, 0.5) is 0 Å².